The maximum atomic E-state index is 12.1. The van der Waals surface area contributed by atoms with Crippen molar-refractivity contribution in [3.63, 3.8) is 0 Å². The van der Waals surface area contributed by atoms with Gasteiger partial charge in [0, 0.05) is 5.41 Å². The number of amides is 2. The fourth-order valence-corrected chi connectivity index (χ4v) is 2.78. The number of nitrogens with two attached hydrogens (primary N) is 1. The number of benzene rings is 1. The van der Waals surface area contributed by atoms with E-state index in [1.807, 2.05) is 30.3 Å². The van der Waals surface area contributed by atoms with Crippen molar-refractivity contribution in [2.75, 3.05) is 6.61 Å². The predicted molar refractivity (Wildman–Crippen MR) is 93.3 cm³/mol. The molecule has 0 bridgehead atoms. The molecule has 6 heteroatoms. The summed E-state index contributed by atoms with van der Waals surface area (Å²) in [7, 11) is 0. The van der Waals surface area contributed by atoms with Gasteiger partial charge in [-0.05, 0) is 31.7 Å². The van der Waals surface area contributed by atoms with Crippen LogP contribution < -0.4 is 11.1 Å². The number of aryl methyl sites for hydroxylation is 1. The van der Waals surface area contributed by atoms with E-state index < -0.39 is 17.4 Å². The normalized spacial score (nSPS) is 22.4. The van der Waals surface area contributed by atoms with Crippen molar-refractivity contribution in [3.05, 3.63) is 42.3 Å². The Morgan fingerprint density at radius 2 is 2.04 bits per heavy atom. The van der Waals surface area contributed by atoms with Crippen LogP contribution in [0.15, 0.2) is 30.3 Å². The van der Waals surface area contributed by atoms with E-state index >= 15 is 0 Å². The number of ether oxygens (including phenoxy) is 1. The van der Waals surface area contributed by atoms with E-state index in [4.69, 9.17) is 10.5 Å². The smallest absolute Gasteiger partial charge is 0.224 e. The lowest BCUT2D eigenvalue weighted by Crippen LogP contribution is -2.44. The molecule has 0 saturated carbocycles. The molecule has 0 aromatic heterocycles. The molecule has 0 aliphatic carbocycles. The van der Waals surface area contributed by atoms with Crippen LogP contribution >= 0.6 is 0 Å². The molecule has 1 aliphatic rings. The molecular weight excluding hydrogens is 320 g/mol. The van der Waals surface area contributed by atoms with Crippen molar-refractivity contribution in [2.45, 2.75) is 45.3 Å². The van der Waals surface area contributed by atoms with E-state index in [-0.39, 0.29) is 30.8 Å². The van der Waals surface area contributed by atoms with Crippen LogP contribution in [0.3, 0.4) is 0 Å². The second kappa shape index (κ2) is 8.25. The first-order chi connectivity index (χ1) is 11.8. The second-order valence-corrected chi connectivity index (χ2v) is 6.79. The first-order valence-corrected chi connectivity index (χ1v) is 8.44. The van der Waals surface area contributed by atoms with Crippen molar-refractivity contribution in [3.8, 4) is 0 Å². The maximum absolute atomic E-state index is 12.1. The number of nitrogens with one attached hydrogen (secondary N) is 1. The van der Waals surface area contributed by atoms with Crippen LogP contribution in [-0.4, -0.2) is 36.4 Å². The summed E-state index contributed by atoms with van der Waals surface area (Å²) in [6.45, 7) is 3.51. The molecule has 25 heavy (non-hydrogen) atoms. The summed E-state index contributed by atoms with van der Waals surface area (Å²) in [5.74, 6) is -0.972. The Morgan fingerprint density at radius 3 is 2.60 bits per heavy atom. The van der Waals surface area contributed by atoms with Gasteiger partial charge in [0.1, 0.15) is 12.6 Å². The number of primary amides is 1. The zero-order chi connectivity index (χ0) is 18.4. The summed E-state index contributed by atoms with van der Waals surface area (Å²) in [6.07, 6.45) is 2.51. The Balaban J connectivity index is 1.88. The zero-order valence-corrected chi connectivity index (χ0v) is 14.7. The minimum atomic E-state index is -0.824. The molecule has 2 rings (SSSR count). The molecule has 1 radical (unpaired) electrons. The van der Waals surface area contributed by atoms with Gasteiger partial charge in [0.05, 0.1) is 12.5 Å². The highest BCUT2D eigenvalue weighted by atomic mass is 16.5. The predicted octanol–water partition coefficient (Wildman–Crippen LogP) is 1.18. The summed E-state index contributed by atoms with van der Waals surface area (Å²) in [6, 6.07) is 9.17. The highest BCUT2D eigenvalue weighted by Crippen LogP contribution is 2.29. The van der Waals surface area contributed by atoms with Crippen LogP contribution in [0.2, 0.25) is 0 Å². The van der Waals surface area contributed by atoms with Crippen molar-refractivity contribution < 1.29 is 19.1 Å². The van der Waals surface area contributed by atoms with Crippen LogP contribution in [0, 0.1) is 11.8 Å². The topological polar surface area (TPSA) is 98.5 Å². The Hall–Kier alpha value is -2.21. The molecule has 2 amide bonds. The Morgan fingerprint density at radius 1 is 1.36 bits per heavy atom. The number of carbonyl (C=O) groups is 3. The Labute approximate surface area is 148 Å². The number of ketones is 1. The lowest BCUT2D eigenvalue weighted by atomic mass is 9.79. The molecular formula is C19H25N2O4. The molecule has 1 aromatic rings. The number of carbonyl (C=O) groups excluding carboxylic acids is 3. The highest BCUT2D eigenvalue weighted by Gasteiger charge is 2.35. The van der Waals surface area contributed by atoms with Gasteiger partial charge in [-0.3, -0.25) is 14.4 Å². The van der Waals surface area contributed by atoms with Gasteiger partial charge in [0.15, 0.2) is 5.78 Å². The van der Waals surface area contributed by atoms with E-state index in [9.17, 15) is 14.4 Å². The summed E-state index contributed by atoms with van der Waals surface area (Å²) in [4.78, 5) is 35.7. The summed E-state index contributed by atoms with van der Waals surface area (Å²) >= 11 is 0. The minimum absolute atomic E-state index is 0.0161. The van der Waals surface area contributed by atoms with Crippen molar-refractivity contribution in [1.29, 1.82) is 0 Å². The van der Waals surface area contributed by atoms with Crippen LogP contribution in [0.4, 0.5) is 0 Å². The maximum Gasteiger partial charge on any atom is 0.224 e. The third-order valence-electron chi connectivity index (χ3n) is 4.74. The molecule has 1 saturated heterocycles. The third kappa shape index (κ3) is 5.13. The van der Waals surface area contributed by atoms with E-state index in [1.165, 1.54) is 6.42 Å². The van der Waals surface area contributed by atoms with Crippen molar-refractivity contribution >= 4 is 17.6 Å². The molecule has 1 aliphatic heterocycles. The van der Waals surface area contributed by atoms with Crippen LogP contribution in [0.1, 0.15) is 32.3 Å². The lowest BCUT2D eigenvalue weighted by Gasteiger charge is -2.26. The number of Topliss-reactive ketones (excluding diaryl/α,β-unsaturated/α-hetero) is 1. The van der Waals surface area contributed by atoms with Gasteiger partial charge in [-0.1, -0.05) is 37.3 Å². The molecule has 1 aromatic carbocycles. The van der Waals surface area contributed by atoms with Crippen LogP contribution in [-0.2, 0) is 25.5 Å². The Kier molecular flexibility index (Phi) is 6.31. The first kappa shape index (κ1) is 19.1. The van der Waals surface area contributed by atoms with Gasteiger partial charge in [0.25, 0.3) is 0 Å². The van der Waals surface area contributed by atoms with E-state index in [0.29, 0.717) is 12.8 Å². The fraction of sp³-hybridized carbons (Fsp3) is 0.474. The number of hydrogen-bond acceptors (Lipinski definition) is 4. The van der Waals surface area contributed by atoms with Gasteiger partial charge in [-0.2, -0.15) is 0 Å². The molecule has 135 valence electrons. The molecule has 1 heterocycles. The average molecular weight is 345 g/mol. The van der Waals surface area contributed by atoms with Crippen LogP contribution in [0.25, 0.3) is 0 Å². The SMILES string of the molecule is C[C@@H]1OCC(=O)C1NC(=O)[CH]C[C@@](C)(CCc1ccccc1)C(N)=O. The molecule has 1 unspecified atom stereocenters. The van der Waals surface area contributed by atoms with E-state index in [1.54, 1.807) is 13.8 Å². The highest BCUT2D eigenvalue weighted by molar-refractivity contribution is 5.94. The second-order valence-electron chi connectivity index (χ2n) is 6.79. The largest absolute Gasteiger partial charge is 0.369 e. The third-order valence-corrected chi connectivity index (χ3v) is 4.74. The summed E-state index contributed by atoms with van der Waals surface area (Å²) in [5.41, 5.74) is 5.85. The van der Waals surface area contributed by atoms with E-state index in [2.05, 4.69) is 5.32 Å². The van der Waals surface area contributed by atoms with Gasteiger partial charge >= 0.3 is 0 Å². The van der Waals surface area contributed by atoms with Crippen molar-refractivity contribution in [2.24, 2.45) is 11.1 Å². The molecule has 1 fully saturated rings. The standard InChI is InChI=1S/C19H25N2O4/c1-13-17(15(22)12-25-13)21-16(23)9-11-19(2,18(20)24)10-8-14-6-4-3-5-7-14/h3-7,9,13,17H,8,10-12H2,1-2H3,(H2,20,24)(H,21,23)/t13-,17?,19+/m0/s1. The number of hydrogen-bond donors (Lipinski definition) is 2. The van der Waals surface area contributed by atoms with Gasteiger partial charge in [0.2, 0.25) is 11.8 Å². The average Bonchev–Trinajstić information content (AvgIpc) is 2.91. The minimum Gasteiger partial charge on any atom is -0.369 e. The lowest BCUT2D eigenvalue weighted by molar-refractivity contribution is -0.128. The Bertz CT molecular complexity index is 632. The summed E-state index contributed by atoms with van der Waals surface area (Å²) in [5, 5.41) is 2.64. The molecule has 0 spiro atoms. The van der Waals surface area contributed by atoms with Gasteiger partial charge in [-0.15, -0.1) is 0 Å². The monoisotopic (exact) mass is 345 g/mol. The zero-order valence-electron chi connectivity index (χ0n) is 14.7. The van der Waals surface area contributed by atoms with Gasteiger partial charge in [-0.25, -0.2) is 0 Å². The van der Waals surface area contributed by atoms with Gasteiger partial charge < -0.3 is 15.8 Å². The fourth-order valence-electron chi connectivity index (χ4n) is 2.78. The summed E-state index contributed by atoms with van der Waals surface area (Å²) < 4.78 is 5.20. The molecule has 3 atom stereocenters. The molecule has 3 N–H and O–H groups in total. The van der Waals surface area contributed by atoms with Crippen molar-refractivity contribution in [1.82, 2.24) is 5.32 Å². The van der Waals surface area contributed by atoms with E-state index in [0.717, 1.165) is 5.56 Å². The van der Waals surface area contributed by atoms with Crippen LogP contribution in [0.5, 0.6) is 0 Å². The number of rotatable bonds is 8. The molecule has 6 nitrogen and oxygen atoms in total. The first-order valence-electron chi connectivity index (χ1n) is 8.44. The quantitative estimate of drug-likeness (QED) is 0.739.